The molecular formula is C36H33N5O4S2. The lowest BCUT2D eigenvalue weighted by Gasteiger charge is -2.15. The van der Waals surface area contributed by atoms with Crippen molar-refractivity contribution >= 4 is 57.7 Å². The Balaban J connectivity index is 1.24. The van der Waals surface area contributed by atoms with Crippen LogP contribution in [0.5, 0.6) is 5.75 Å². The maximum absolute atomic E-state index is 13.4. The highest BCUT2D eigenvalue weighted by atomic mass is 32.2. The molecular weight excluding hydrogens is 631 g/mol. The first-order chi connectivity index (χ1) is 22.9. The molecule has 9 nitrogen and oxygen atoms in total. The van der Waals surface area contributed by atoms with E-state index in [-0.39, 0.29) is 11.6 Å². The van der Waals surface area contributed by atoms with E-state index in [0.29, 0.717) is 35.0 Å². The third kappa shape index (κ3) is 9.38. The van der Waals surface area contributed by atoms with Crippen molar-refractivity contribution in [2.45, 2.75) is 30.4 Å². The highest BCUT2D eigenvalue weighted by Gasteiger charge is 2.21. The third-order valence-corrected chi connectivity index (χ3v) is 8.87. The SMILES string of the molecule is CCOc1ccc(-c2csc(NC(=O)C(CC)Sc3cccc(NC(=O)/C(=C/c4cccnc4)NC(=O)c4ccccc4)c3)n2)cc1. The molecule has 5 aromatic rings. The monoisotopic (exact) mass is 663 g/mol. The lowest BCUT2D eigenvalue weighted by atomic mass is 10.2. The number of nitrogens with zero attached hydrogens (tertiary/aromatic N) is 2. The Kier molecular flexibility index (Phi) is 11.5. The number of benzene rings is 3. The van der Waals surface area contributed by atoms with Crippen LogP contribution in [0.2, 0.25) is 0 Å². The summed E-state index contributed by atoms with van der Waals surface area (Å²) in [5.41, 5.74) is 3.35. The van der Waals surface area contributed by atoms with E-state index in [2.05, 4.69) is 25.9 Å². The molecule has 0 spiro atoms. The Hall–Kier alpha value is -5.26. The Morgan fingerprint density at radius 1 is 0.936 bits per heavy atom. The molecule has 1 atom stereocenters. The molecule has 0 saturated carbocycles. The van der Waals surface area contributed by atoms with Crippen molar-refractivity contribution in [3.63, 3.8) is 0 Å². The van der Waals surface area contributed by atoms with Gasteiger partial charge in [0.05, 0.1) is 17.6 Å². The molecule has 5 rings (SSSR count). The fraction of sp³-hybridized carbons (Fsp3) is 0.139. The molecule has 0 radical (unpaired) electrons. The zero-order valence-electron chi connectivity index (χ0n) is 25.8. The van der Waals surface area contributed by atoms with Crippen LogP contribution in [0.3, 0.4) is 0 Å². The van der Waals surface area contributed by atoms with Gasteiger partial charge in [-0.25, -0.2) is 4.98 Å². The molecule has 0 fully saturated rings. The van der Waals surface area contributed by atoms with Crippen LogP contribution in [0.25, 0.3) is 17.3 Å². The van der Waals surface area contributed by atoms with Crippen LogP contribution < -0.4 is 20.7 Å². The fourth-order valence-electron chi connectivity index (χ4n) is 4.44. The third-order valence-electron chi connectivity index (χ3n) is 6.75. The number of pyridine rings is 1. The average molecular weight is 664 g/mol. The molecule has 0 bridgehead atoms. The number of aromatic nitrogens is 2. The maximum atomic E-state index is 13.4. The van der Waals surface area contributed by atoms with Crippen LogP contribution in [0, 0.1) is 0 Å². The second-order valence-corrected chi connectivity index (χ2v) is 12.3. The van der Waals surface area contributed by atoms with Crippen molar-refractivity contribution < 1.29 is 19.1 Å². The number of hydrogen-bond acceptors (Lipinski definition) is 8. The highest BCUT2D eigenvalue weighted by molar-refractivity contribution is 8.00. The van der Waals surface area contributed by atoms with Gasteiger partial charge in [0, 0.05) is 39.5 Å². The van der Waals surface area contributed by atoms with Crippen molar-refractivity contribution in [3.8, 4) is 17.0 Å². The minimum atomic E-state index is -0.503. The molecule has 0 aliphatic rings. The molecule has 11 heteroatoms. The van der Waals surface area contributed by atoms with Crippen LogP contribution in [-0.4, -0.2) is 39.5 Å². The Bertz CT molecular complexity index is 1840. The van der Waals surface area contributed by atoms with Crippen molar-refractivity contribution in [2.24, 2.45) is 0 Å². The minimum Gasteiger partial charge on any atom is -0.494 e. The minimum absolute atomic E-state index is 0.0591. The molecule has 0 saturated heterocycles. The van der Waals surface area contributed by atoms with Gasteiger partial charge >= 0.3 is 0 Å². The van der Waals surface area contributed by atoms with Crippen LogP contribution >= 0.6 is 23.1 Å². The number of thiazole rings is 1. The number of nitrogens with one attached hydrogen (secondary N) is 3. The number of hydrogen-bond donors (Lipinski definition) is 3. The molecule has 2 aromatic heterocycles. The first kappa shape index (κ1) is 33.1. The molecule has 1 unspecified atom stereocenters. The van der Waals surface area contributed by atoms with E-state index in [1.807, 2.05) is 55.6 Å². The summed E-state index contributed by atoms with van der Waals surface area (Å²) >= 11 is 2.76. The number of amides is 3. The van der Waals surface area contributed by atoms with Gasteiger partial charge in [-0.15, -0.1) is 23.1 Å². The lowest BCUT2D eigenvalue weighted by Crippen LogP contribution is -2.30. The van der Waals surface area contributed by atoms with Crippen molar-refractivity contribution in [2.75, 3.05) is 17.2 Å². The summed E-state index contributed by atoms with van der Waals surface area (Å²) in [4.78, 5) is 49.1. The molecule has 0 aliphatic heterocycles. The van der Waals surface area contributed by atoms with Crippen molar-refractivity contribution in [1.82, 2.24) is 15.3 Å². The topological polar surface area (TPSA) is 122 Å². The molecule has 3 aromatic carbocycles. The van der Waals surface area contributed by atoms with Crippen LogP contribution in [0.1, 0.15) is 36.2 Å². The summed E-state index contributed by atoms with van der Waals surface area (Å²) in [6.45, 7) is 4.48. The van der Waals surface area contributed by atoms with Crippen molar-refractivity contribution in [3.05, 3.63) is 126 Å². The summed E-state index contributed by atoms with van der Waals surface area (Å²) in [7, 11) is 0. The van der Waals surface area contributed by atoms with E-state index < -0.39 is 17.1 Å². The van der Waals surface area contributed by atoms with Gasteiger partial charge in [0.2, 0.25) is 5.91 Å². The standard InChI is InChI=1S/C36H33N5O4S2/c1-3-32(35(44)41-36-40-31(23-46-36)25-15-17-28(18-16-25)45-4-2)47-29-14-8-13-27(21-29)38-34(43)30(20-24-10-9-19-37-22-24)39-33(42)26-11-6-5-7-12-26/h5-23,32H,3-4H2,1-2H3,(H,38,43)(H,39,42)(H,40,41,44)/b30-20-. The van der Waals surface area contributed by atoms with E-state index >= 15 is 0 Å². The van der Waals surface area contributed by atoms with Gasteiger partial charge in [-0.2, -0.15) is 0 Å². The average Bonchev–Trinajstić information content (AvgIpc) is 3.56. The zero-order chi connectivity index (χ0) is 33.0. The highest BCUT2D eigenvalue weighted by Crippen LogP contribution is 2.31. The first-order valence-corrected chi connectivity index (χ1v) is 16.7. The molecule has 2 heterocycles. The molecule has 0 aliphatic carbocycles. The number of ether oxygens (including phenoxy) is 1. The van der Waals surface area contributed by atoms with Crippen LogP contribution in [0.4, 0.5) is 10.8 Å². The number of thioether (sulfide) groups is 1. The number of rotatable bonds is 13. The lowest BCUT2D eigenvalue weighted by molar-refractivity contribution is -0.116. The van der Waals surface area contributed by atoms with Gasteiger partial charge in [-0.05, 0) is 85.6 Å². The Morgan fingerprint density at radius 3 is 2.47 bits per heavy atom. The largest absolute Gasteiger partial charge is 0.494 e. The smallest absolute Gasteiger partial charge is 0.272 e. The predicted octanol–water partition coefficient (Wildman–Crippen LogP) is 7.52. The van der Waals surface area contributed by atoms with E-state index in [0.717, 1.165) is 21.9 Å². The molecule has 3 N–H and O–H groups in total. The summed E-state index contributed by atoms with van der Waals surface area (Å²) < 4.78 is 5.51. The maximum Gasteiger partial charge on any atom is 0.272 e. The van der Waals surface area contributed by atoms with Crippen LogP contribution in [0.15, 0.2) is 119 Å². The van der Waals surface area contributed by atoms with Gasteiger partial charge in [0.1, 0.15) is 11.4 Å². The first-order valence-electron chi connectivity index (χ1n) is 15.0. The normalized spacial score (nSPS) is 11.7. The van der Waals surface area contributed by atoms with E-state index in [1.54, 1.807) is 73.1 Å². The van der Waals surface area contributed by atoms with Crippen LogP contribution in [-0.2, 0) is 9.59 Å². The summed E-state index contributed by atoms with van der Waals surface area (Å²) in [5, 5.41) is 10.6. The van der Waals surface area contributed by atoms with E-state index in [4.69, 9.17) is 4.74 Å². The molecule has 3 amide bonds. The van der Waals surface area contributed by atoms with Gasteiger partial charge in [-0.1, -0.05) is 37.3 Å². The van der Waals surface area contributed by atoms with Gasteiger partial charge in [0.15, 0.2) is 5.13 Å². The second kappa shape index (κ2) is 16.3. The van der Waals surface area contributed by atoms with E-state index in [1.165, 1.54) is 23.1 Å². The number of carbonyl (C=O) groups is 3. The Morgan fingerprint density at radius 2 is 1.74 bits per heavy atom. The number of anilines is 2. The van der Waals surface area contributed by atoms with Crippen molar-refractivity contribution in [1.29, 1.82) is 0 Å². The van der Waals surface area contributed by atoms with E-state index in [9.17, 15) is 14.4 Å². The zero-order valence-corrected chi connectivity index (χ0v) is 27.4. The quantitative estimate of drug-likeness (QED) is 0.0880. The fourth-order valence-corrected chi connectivity index (χ4v) is 6.18. The van der Waals surface area contributed by atoms with Gasteiger partial charge in [0.25, 0.3) is 11.8 Å². The number of carbonyl (C=O) groups excluding carboxylic acids is 3. The summed E-state index contributed by atoms with van der Waals surface area (Å²) in [5.74, 6) is -0.284. The van der Waals surface area contributed by atoms with Gasteiger partial charge < -0.3 is 20.7 Å². The molecule has 238 valence electrons. The summed E-state index contributed by atoms with van der Waals surface area (Å²) in [6.07, 6.45) is 5.37. The van der Waals surface area contributed by atoms with Gasteiger partial charge in [-0.3, -0.25) is 19.4 Å². The summed E-state index contributed by atoms with van der Waals surface area (Å²) in [6, 6.07) is 27.1. The predicted molar refractivity (Wildman–Crippen MR) is 188 cm³/mol. The molecule has 47 heavy (non-hydrogen) atoms. The second-order valence-electron chi connectivity index (χ2n) is 10.1. The Labute approximate surface area is 281 Å².